The Morgan fingerprint density at radius 3 is 2.62 bits per heavy atom. The summed E-state index contributed by atoms with van der Waals surface area (Å²) in [6.07, 6.45) is -1.24. The lowest BCUT2D eigenvalue weighted by Crippen LogP contribution is -2.40. The van der Waals surface area contributed by atoms with Gasteiger partial charge in [-0.25, -0.2) is 9.97 Å². The second-order valence-electron chi connectivity index (χ2n) is 10.0. The van der Waals surface area contributed by atoms with Crippen molar-refractivity contribution >= 4 is 22.8 Å². The van der Waals surface area contributed by atoms with Gasteiger partial charge in [0.05, 0.1) is 29.3 Å². The van der Waals surface area contributed by atoms with E-state index in [-0.39, 0.29) is 35.0 Å². The number of hydrogen-bond donors (Lipinski definition) is 2. The molecule has 0 radical (unpaired) electrons. The van der Waals surface area contributed by atoms with Crippen molar-refractivity contribution in [3.63, 3.8) is 0 Å². The number of nitrogens with one attached hydrogen (secondary N) is 2. The van der Waals surface area contributed by atoms with E-state index in [1.807, 2.05) is 6.92 Å². The molecule has 1 aromatic carbocycles. The van der Waals surface area contributed by atoms with E-state index in [0.717, 1.165) is 25.0 Å². The summed E-state index contributed by atoms with van der Waals surface area (Å²) in [5.41, 5.74) is 1.04. The molecule has 0 unspecified atom stereocenters. The standard InChI is InChI=1S/C26H28F3N5O3/c1-13-9-34(15(3)35)10-19(13)33-25(36)21-14(2)32-24-22(30-12-31-23(21)24)18-8-17(26(27,28)29)6-7-20(18)37-11-16-4-5-16/h6-8,12-13,16,19,32H,4-5,9-11H2,1-3H3,(H,33,36)/t13-,19+/m0/s1. The summed E-state index contributed by atoms with van der Waals surface area (Å²) < 4.78 is 46.6. The van der Waals surface area contributed by atoms with Gasteiger partial charge in [-0.2, -0.15) is 13.2 Å². The number of aromatic amines is 1. The summed E-state index contributed by atoms with van der Waals surface area (Å²) in [5, 5.41) is 3.00. The van der Waals surface area contributed by atoms with E-state index in [4.69, 9.17) is 4.74 Å². The van der Waals surface area contributed by atoms with Gasteiger partial charge in [-0.3, -0.25) is 9.59 Å². The normalized spacial score (nSPS) is 19.9. The fourth-order valence-electron chi connectivity index (χ4n) is 4.76. The summed E-state index contributed by atoms with van der Waals surface area (Å²) in [5.74, 6) is 0.345. The number of likely N-dealkylation sites (tertiary alicyclic amines) is 1. The lowest BCUT2D eigenvalue weighted by atomic mass is 10.0. The average molecular weight is 516 g/mol. The number of carbonyl (C=O) groups is 2. The minimum Gasteiger partial charge on any atom is -0.493 e. The van der Waals surface area contributed by atoms with Gasteiger partial charge >= 0.3 is 6.18 Å². The van der Waals surface area contributed by atoms with Gasteiger partial charge in [0.1, 0.15) is 23.3 Å². The quantitative estimate of drug-likeness (QED) is 0.509. The number of ether oxygens (including phenoxy) is 1. The van der Waals surface area contributed by atoms with Gasteiger partial charge in [-0.15, -0.1) is 0 Å². The van der Waals surface area contributed by atoms with Crippen LogP contribution in [-0.2, 0) is 11.0 Å². The maximum Gasteiger partial charge on any atom is 0.416 e. The van der Waals surface area contributed by atoms with Gasteiger partial charge in [-0.1, -0.05) is 6.92 Å². The number of hydrogen-bond acceptors (Lipinski definition) is 5. The molecule has 1 aliphatic carbocycles. The molecule has 2 aromatic heterocycles. The van der Waals surface area contributed by atoms with E-state index < -0.39 is 11.7 Å². The Morgan fingerprint density at radius 2 is 1.97 bits per heavy atom. The second kappa shape index (κ2) is 9.35. The summed E-state index contributed by atoms with van der Waals surface area (Å²) in [6, 6.07) is 3.11. The summed E-state index contributed by atoms with van der Waals surface area (Å²) in [4.78, 5) is 38.5. The second-order valence-corrected chi connectivity index (χ2v) is 10.0. The van der Waals surface area contributed by atoms with Crippen molar-refractivity contribution in [2.75, 3.05) is 19.7 Å². The van der Waals surface area contributed by atoms with Crippen LogP contribution in [-0.4, -0.2) is 57.4 Å². The molecule has 2 atom stereocenters. The Morgan fingerprint density at radius 1 is 1.22 bits per heavy atom. The predicted octanol–water partition coefficient (Wildman–Crippen LogP) is 4.34. The summed E-state index contributed by atoms with van der Waals surface area (Å²) in [7, 11) is 0. The fourth-order valence-corrected chi connectivity index (χ4v) is 4.76. The lowest BCUT2D eigenvalue weighted by molar-refractivity contribution is -0.137. The Hall–Kier alpha value is -3.63. The third-order valence-electron chi connectivity index (χ3n) is 7.11. The highest BCUT2D eigenvalue weighted by molar-refractivity contribution is 6.09. The lowest BCUT2D eigenvalue weighted by Gasteiger charge is -2.16. The first-order valence-corrected chi connectivity index (χ1v) is 12.3. The first-order valence-electron chi connectivity index (χ1n) is 12.3. The van der Waals surface area contributed by atoms with Crippen LogP contribution in [0.5, 0.6) is 5.75 Å². The molecule has 2 amide bonds. The topological polar surface area (TPSA) is 100 Å². The zero-order valence-corrected chi connectivity index (χ0v) is 20.8. The van der Waals surface area contributed by atoms with Crippen molar-refractivity contribution in [1.82, 2.24) is 25.2 Å². The van der Waals surface area contributed by atoms with Crippen LogP contribution in [0.1, 0.15) is 48.3 Å². The molecule has 1 aliphatic heterocycles. The van der Waals surface area contributed by atoms with Crippen LogP contribution in [0.15, 0.2) is 24.5 Å². The maximum absolute atomic E-state index is 13.6. The molecule has 0 spiro atoms. The smallest absolute Gasteiger partial charge is 0.416 e. The van der Waals surface area contributed by atoms with Gasteiger partial charge < -0.3 is 19.9 Å². The number of rotatable bonds is 6. The van der Waals surface area contributed by atoms with Crippen molar-refractivity contribution in [3.05, 3.63) is 41.3 Å². The van der Waals surface area contributed by atoms with E-state index >= 15 is 0 Å². The number of alkyl halides is 3. The number of amides is 2. The van der Waals surface area contributed by atoms with Gasteiger partial charge in [0.15, 0.2) is 0 Å². The van der Waals surface area contributed by atoms with Gasteiger partial charge in [0, 0.05) is 31.3 Å². The van der Waals surface area contributed by atoms with Crippen LogP contribution in [0.4, 0.5) is 13.2 Å². The van der Waals surface area contributed by atoms with E-state index in [9.17, 15) is 22.8 Å². The van der Waals surface area contributed by atoms with Crippen LogP contribution in [0.3, 0.4) is 0 Å². The van der Waals surface area contributed by atoms with E-state index in [1.54, 1.807) is 11.8 Å². The third-order valence-corrected chi connectivity index (χ3v) is 7.11. The number of fused-ring (bicyclic) bond motifs is 1. The summed E-state index contributed by atoms with van der Waals surface area (Å²) in [6.45, 7) is 6.55. The molecule has 3 aromatic rings. The van der Waals surface area contributed by atoms with Crippen molar-refractivity contribution in [1.29, 1.82) is 0 Å². The number of carbonyl (C=O) groups excluding carboxylic acids is 2. The molecule has 3 heterocycles. The molecule has 11 heteroatoms. The first kappa shape index (κ1) is 25.0. The highest BCUT2D eigenvalue weighted by atomic mass is 19.4. The van der Waals surface area contributed by atoms with Gasteiger partial charge in [-0.05, 0) is 49.8 Å². The molecule has 2 N–H and O–H groups in total. The van der Waals surface area contributed by atoms with Crippen molar-refractivity contribution < 1.29 is 27.5 Å². The predicted molar refractivity (Wildman–Crippen MR) is 130 cm³/mol. The Bertz CT molecular complexity index is 1370. The minimum atomic E-state index is -4.54. The molecule has 2 fully saturated rings. The molecule has 196 valence electrons. The van der Waals surface area contributed by atoms with Crippen LogP contribution in [0, 0.1) is 18.8 Å². The maximum atomic E-state index is 13.6. The fraction of sp³-hybridized carbons (Fsp3) is 0.462. The van der Waals surface area contributed by atoms with Crippen LogP contribution in [0.25, 0.3) is 22.3 Å². The van der Waals surface area contributed by atoms with E-state index in [2.05, 4.69) is 20.3 Å². The number of H-pyrrole nitrogens is 1. The van der Waals surface area contributed by atoms with E-state index in [1.165, 1.54) is 19.3 Å². The first-order chi connectivity index (χ1) is 17.5. The number of nitrogens with zero attached hydrogens (tertiary/aromatic N) is 3. The van der Waals surface area contributed by atoms with Gasteiger partial charge in [0.2, 0.25) is 5.91 Å². The molecule has 1 saturated carbocycles. The van der Waals surface area contributed by atoms with Crippen molar-refractivity contribution in [2.45, 2.75) is 45.8 Å². The number of aromatic nitrogens is 3. The summed E-state index contributed by atoms with van der Waals surface area (Å²) >= 11 is 0. The van der Waals surface area contributed by atoms with Crippen molar-refractivity contribution in [2.24, 2.45) is 11.8 Å². The number of aryl methyl sites for hydroxylation is 1. The molecule has 5 rings (SSSR count). The molecule has 2 aliphatic rings. The van der Waals surface area contributed by atoms with Crippen LogP contribution in [0.2, 0.25) is 0 Å². The highest BCUT2D eigenvalue weighted by Crippen LogP contribution is 2.40. The van der Waals surface area contributed by atoms with E-state index in [0.29, 0.717) is 53.7 Å². The van der Waals surface area contributed by atoms with Gasteiger partial charge in [0.25, 0.3) is 5.91 Å². The molecule has 0 bridgehead atoms. The zero-order chi connectivity index (χ0) is 26.5. The molecule has 8 nitrogen and oxygen atoms in total. The Kier molecular flexibility index (Phi) is 6.33. The minimum absolute atomic E-state index is 0.0509. The zero-order valence-electron chi connectivity index (χ0n) is 20.8. The molecule has 37 heavy (non-hydrogen) atoms. The molecular formula is C26H28F3N5O3. The molecular weight excluding hydrogens is 487 g/mol. The van der Waals surface area contributed by atoms with Crippen LogP contribution < -0.4 is 10.1 Å². The largest absolute Gasteiger partial charge is 0.493 e. The number of halogens is 3. The Labute approximate surface area is 211 Å². The third kappa shape index (κ3) is 4.99. The highest BCUT2D eigenvalue weighted by Gasteiger charge is 2.34. The molecule has 1 saturated heterocycles. The number of benzene rings is 1. The Balaban J connectivity index is 1.52. The van der Waals surface area contributed by atoms with Crippen molar-refractivity contribution in [3.8, 4) is 17.0 Å². The van der Waals surface area contributed by atoms with Crippen LogP contribution >= 0.6 is 0 Å². The monoisotopic (exact) mass is 515 g/mol. The SMILES string of the molecule is CC(=O)N1C[C@H](C)[C@H](NC(=O)c2c(C)[nH]c3c(-c4cc(C(F)(F)F)ccc4OCC4CC4)ncnc23)C1. The average Bonchev–Trinajstić information content (AvgIpc) is 3.50.